The first-order chi connectivity index (χ1) is 11.1. The average Bonchev–Trinajstić information content (AvgIpc) is 3.17. The van der Waals surface area contributed by atoms with Crippen LogP contribution in [0.3, 0.4) is 0 Å². The van der Waals surface area contributed by atoms with Gasteiger partial charge in [0.15, 0.2) is 5.82 Å². The molecule has 3 rings (SSSR count). The number of tetrazole rings is 1. The molecule has 3 aromatic rings. The maximum absolute atomic E-state index is 12.2. The molecule has 0 bridgehead atoms. The number of nitrogens with zero attached hydrogens (tertiary/aromatic N) is 5. The normalized spacial score (nSPS) is 12.1. The fraction of sp³-hybridized carbons (Fsp3) is 0.214. The van der Waals surface area contributed by atoms with Crippen LogP contribution in [0.15, 0.2) is 46.1 Å². The number of amides is 1. The van der Waals surface area contributed by atoms with Gasteiger partial charge in [-0.15, -0.1) is 5.10 Å². The van der Waals surface area contributed by atoms with Crippen LogP contribution in [0.5, 0.6) is 0 Å². The highest BCUT2D eigenvalue weighted by molar-refractivity contribution is 8.00. The molecular formula is C14H14N6O2S. The van der Waals surface area contributed by atoms with Crippen molar-refractivity contribution in [3.63, 3.8) is 0 Å². The van der Waals surface area contributed by atoms with Gasteiger partial charge in [0.2, 0.25) is 11.1 Å². The van der Waals surface area contributed by atoms with E-state index in [4.69, 9.17) is 4.52 Å². The highest BCUT2D eigenvalue weighted by Crippen LogP contribution is 2.23. The largest absolute Gasteiger partial charge is 0.360 e. The van der Waals surface area contributed by atoms with E-state index in [0.29, 0.717) is 16.7 Å². The Morgan fingerprint density at radius 3 is 2.83 bits per heavy atom. The van der Waals surface area contributed by atoms with E-state index >= 15 is 0 Å². The molecule has 0 aliphatic carbocycles. The Kier molecular flexibility index (Phi) is 4.38. The van der Waals surface area contributed by atoms with E-state index in [1.165, 1.54) is 11.8 Å². The first-order valence-corrected chi connectivity index (χ1v) is 7.76. The lowest BCUT2D eigenvalue weighted by Crippen LogP contribution is -2.23. The lowest BCUT2D eigenvalue weighted by Gasteiger charge is -2.10. The van der Waals surface area contributed by atoms with Crippen LogP contribution in [0.25, 0.3) is 5.69 Å². The van der Waals surface area contributed by atoms with Crippen LogP contribution >= 0.6 is 11.8 Å². The standard InChI is InChI=1S/C14H14N6O2S/c1-9-8-12(17-22-9)15-13(21)10(2)23-14-16-18-19-20(14)11-6-4-3-5-7-11/h3-8,10H,1-2H3,(H,15,17,21)/t10-/m1/s1. The van der Waals surface area contributed by atoms with E-state index in [-0.39, 0.29) is 5.91 Å². The Morgan fingerprint density at radius 2 is 2.13 bits per heavy atom. The van der Waals surface area contributed by atoms with Crippen LogP contribution in [0.1, 0.15) is 12.7 Å². The summed E-state index contributed by atoms with van der Waals surface area (Å²) in [6.45, 7) is 3.53. The molecule has 0 aliphatic rings. The zero-order valence-electron chi connectivity index (χ0n) is 12.5. The molecule has 1 atom stereocenters. The summed E-state index contributed by atoms with van der Waals surface area (Å²) in [6, 6.07) is 11.1. The Labute approximate surface area is 136 Å². The summed E-state index contributed by atoms with van der Waals surface area (Å²) in [5, 5.41) is 18.2. The predicted octanol–water partition coefficient (Wildman–Crippen LogP) is 2.08. The minimum Gasteiger partial charge on any atom is -0.360 e. The van der Waals surface area contributed by atoms with Gasteiger partial charge in [0, 0.05) is 6.07 Å². The third-order valence-electron chi connectivity index (χ3n) is 2.97. The van der Waals surface area contributed by atoms with E-state index in [9.17, 15) is 4.79 Å². The average molecular weight is 330 g/mol. The third-order valence-corrected chi connectivity index (χ3v) is 4.01. The molecule has 1 amide bonds. The fourth-order valence-corrected chi connectivity index (χ4v) is 2.66. The van der Waals surface area contributed by atoms with Crippen LogP contribution in [0, 0.1) is 6.92 Å². The summed E-state index contributed by atoms with van der Waals surface area (Å²) >= 11 is 1.26. The Bertz CT molecular complexity index is 800. The number of benzene rings is 1. The van der Waals surface area contributed by atoms with Crippen LogP contribution in [-0.4, -0.2) is 36.5 Å². The molecule has 0 aliphatic heterocycles. The van der Waals surface area contributed by atoms with Gasteiger partial charge in [-0.25, -0.2) is 0 Å². The summed E-state index contributed by atoms with van der Waals surface area (Å²) < 4.78 is 6.51. The summed E-state index contributed by atoms with van der Waals surface area (Å²) in [7, 11) is 0. The number of carbonyl (C=O) groups is 1. The maximum Gasteiger partial charge on any atom is 0.238 e. The highest BCUT2D eigenvalue weighted by atomic mass is 32.2. The Balaban J connectivity index is 1.70. The van der Waals surface area contributed by atoms with Crippen LogP contribution < -0.4 is 5.32 Å². The van der Waals surface area contributed by atoms with Gasteiger partial charge >= 0.3 is 0 Å². The first kappa shape index (κ1) is 15.2. The summed E-state index contributed by atoms with van der Waals surface area (Å²) in [5.41, 5.74) is 0.833. The van der Waals surface area contributed by atoms with Crippen LogP contribution in [0.2, 0.25) is 0 Å². The second kappa shape index (κ2) is 6.61. The topological polar surface area (TPSA) is 98.7 Å². The first-order valence-electron chi connectivity index (χ1n) is 6.88. The lowest BCUT2D eigenvalue weighted by atomic mass is 10.3. The molecule has 0 fully saturated rings. The molecule has 2 aromatic heterocycles. The molecule has 9 heteroatoms. The number of thioether (sulfide) groups is 1. The van der Waals surface area contributed by atoms with Gasteiger partial charge in [-0.1, -0.05) is 35.1 Å². The summed E-state index contributed by atoms with van der Waals surface area (Å²) in [5.74, 6) is 0.821. The van der Waals surface area contributed by atoms with Crippen LogP contribution in [-0.2, 0) is 4.79 Å². The minimum atomic E-state index is -0.402. The van der Waals surface area contributed by atoms with Gasteiger partial charge in [-0.05, 0) is 36.4 Å². The van der Waals surface area contributed by atoms with E-state index < -0.39 is 5.25 Å². The molecule has 118 valence electrons. The Morgan fingerprint density at radius 1 is 1.35 bits per heavy atom. The fourth-order valence-electron chi connectivity index (χ4n) is 1.85. The lowest BCUT2D eigenvalue weighted by molar-refractivity contribution is -0.115. The number of anilines is 1. The molecule has 0 radical (unpaired) electrons. The van der Waals surface area contributed by atoms with Gasteiger partial charge in [0.1, 0.15) is 5.76 Å². The summed E-state index contributed by atoms with van der Waals surface area (Å²) in [6.07, 6.45) is 0. The van der Waals surface area contributed by atoms with Crippen molar-refractivity contribution in [2.45, 2.75) is 24.3 Å². The molecule has 0 saturated carbocycles. The van der Waals surface area contributed by atoms with Gasteiger partial charge in [0.05, 0.1) is 10.9 Å². The number of carbonyl (C=O) groups excluding carboxylic acids is 1. The van der Waals surface area contributed by atoms with E-state index in [1.807, 2.05) is 30.3 Å². The highest BCUT2D eigenvalue weighted by Gasteiger charge is 2.20. The van der Waals surface area contributed by atoms with Crippen molar-refractivity contribution < 1.29 is 9.32 Å². The zero-order valence-corrected chi connectivity index (χ0v) is 13.3. The zero-order chi connectivity index (χ0) is 16.2. The monoisotopic (exact) mass is 330 g/mol. The third kappa shape index (κ3) is 3.57. The van der Waals surface area contributed by atoms with Gasteiger partial charge in [-0.3, -0.25) is 4.79 Å². The van der Waals surface area contributed by atoms with Crippen molar-refractivity contribution in [2.75, 3.05) is 5.32 Å². The summed E-state index contributed by atoms with van der Waals surface area (Å²) in [4.78, 5) is 12.2. The maximum atomic E-state index is 12.2. The van der Waals surface area contributed by atoms with Crippen molar-refractivity contribution >= 4 is 23.5 Å². The SMILES string of the molecule is Cc1cc(NC(=O)[C@@H](C)Sc2nnnn2-c2ccccc2)no1. The van der Waals surface area contributed by atoms with E-state index in [0.717, 1.165) is 5.69 Å². The van der Waals surface area contributed by atoms with Crippen molar-refractivity contribution in [2.24, 2.45) is 0 Å². The quantitative estimate of drug-likeness (QED) is 0.715. The van der Waals surface area contributed by atoms with Crippen molar-refractivity contribution in [3.05, 3.63) is 42.2 Å². The van der Waals surface area contributed by atoms with Crippen LogP contribution in [0.4, 0.5) is 5.82 Å². The molecule has 1 aromatic carbocycles. The predicted molar refractivity (Wildman–Crippen MR) is 84.3 cm³/mol. The molecular weight excluding hydrogens is 316 g/mol. The molecule has 0 unspecified atom stereocenters. The van der Waals surface area contributed by atoms with E-state index in [1.54, 1.807) is 24.6 Å². The van der Waals surface area contributed by atoms with Crippen molar-refractivity contribution in [3.8, 4) is 5.69 Å². The number of rotatable bonds is 5. The number of aromatic nitrogens is 5. The second-order valence-corrected chi connectivity index (χ2v) is 6.09. The Hall–Kier alpha value is -2.68. The number of hydrogen-bond donors (Lipinski definition) is 1. The minimum absolute atomic E-state index is 0.203. The number of aryl methyl sites for hydroxylation is 1. The smallest absolute Gasteiger partial charge is 0.238 e. The van der Waals surface area contributed by atoms with Gasteiger partial charge in [0.25, 0.3) is 0 Å². The number of nitrogens with one attached hydrogen (secondary N) is 1. The van der Waals surface area contributed by atoms with E-state index in [2.05, 4.69) is 26.0 Å². The molecule has 23 heavy (non-hydrogen) atoms. The molecule has 2 heterocycles. The van der Waals surface area contributed by atoms with Crippen molar-refractivity contribution in [1.82, 2.24) is 25.4 Å². The number of hydrogen-bond acceptors (Lipinski definition) is 7. The number of para-hydroxylation sites is 1. The molecule has 1 N–H and O–H groups in total. The van der Waals surface area contributed by atoms with Gasteiger partial charge < -0.3 is 9.84 Å². The molecule has 0 spiro atoms. The van der Waals surface area contributed by atoms with Crippen molar-refractivity contribution in [1.29, 1.82) is 0 Å². The molecule has 0 saturated heterocycles. The second-order valence-electron chi connectivity index (χ2n) is 4.78. The molecule has 8 nitrogen and oxygen atoms in total. The van der Waals surface area contributed by atoms with Gasteiger partial charge in [-0.2, -0.15) is 4.68 Å².